The molecule has 30 heavy (non-hydrogen) atoms. The Hall–Kier alpha value is -2.57. The molecule has 3 heterocycles. The van der Waals surface area contributed by atoms with Crippen LogP contribution in [0, 0.1) is 0 Å². The molecule has 1 atom stereocenters. The van der Waals surface area contributed by atoms with Gasteiger partial charge >= 0.3 is 6.03 Å². The molecular weight excluding hydrogens is 398 g/mol. The molecular formula is C23H28ClN5O. The van der Waals surface area contributed by atoms with E-state index in [4.69, 9.17) is 11.6 Å². The van der Waals surface area contributed by atoms with Gasteiger partial charge in [0.05, 0.1) is 10.7 Å². The number of halogens is 1. The Morgan fingerprint density at radius 2 is 1.97 bits per heavy atom. The number of amides is 2. The molecule has 1 unspecified atom stereocenters. The summed E-state index contributed by atoms with van der Waals surface area (Å²) < 4.78 is 0. The zero-order chi connectivity index (χ0) is 21.1. The van der Waals surface area contributed by atoms with Crippen LogP contribution in [0.15, 0.2) is 48.7 Å². The Morgan fingerprint density at radius 1 is 1.17 bits per heavy atom. The van der Waals surface area contributed by atoms with Gasteiger partial charge < -0.3 is 20.0 Å². The normalized spacial score (nSPS) is 19.2. The van der Waals surface area contributed by atoms with Crippen molar-refractivity contribution in [2.45, 2.75) is 18.9 Å². The Balaban J connectivity index is 1.32. The largest absolute Gasteiger partial charge is 0.370 e. The van der Waals surface area contributed by atoms with Gasteiger partial charge in [-0.2, -0.15) is 0 Å². The fraction of sp³-hybridized carbons (Fsp3) is 0.391. The zero-order valence-electron chi connectivity index (χ0n) is 17.5. The second-order valence-corrected chi connectivity index (χ2v) is 8.55. The lowest BCUT2D eigenvalue weighted by atomic mass is 10.0. The molecule has 1 aromatic carbocycles. The van der Waals surface area contributed by atoms with Gasteiger partial charge in [-0.1, -0.05) is 17.7 Å². The summed E-state index contributed by atoms with van der Waals surface area (Å²) in [7, 11) is 4.27. The van der Waals surface area contributed by atoms with Crippen molar-refractivity contribution in [3.05, 3.63) is 59.4 Å². The second-order valence-electron chi connectivity index (χ2n) is 8.12. The zero-order valence-corrected chi connectivity index (χ0v) is 18.3. The smallest absolute Gasteiger partial charge is 0.322 e. The van der Waals surface area contributed by atoms with E-state index in [2.05, 4.69) is 52.4 Å². The predicted octanol–water partition coefficient (Wildman–Crippen LogP) is 4.20. The lowest BCUT2D eigenvalue weighted by Gasteiger charge is -2.26. The number of nitrogens with zero attached hydrogens (tertiary/aromatic N) is 4. The number of urea groups is 1. The maximum absolute atomic E-state index is 12.7. The topological polar surface area (TPSA) is 51.7 Å². The van der Waals surface area contributed by atoms with E-state index in [0.717, 1.165) is 36.5 Å². The van der Waals surface area contributed by atoms with Crippen LogP contribution < -0.4 is 10.2 Å². The van der Waals surface area contributed by atoms with Crippen LogP contribution in [0.25, 0.3) is 5.57 Å². The quantitative estimate of drug-likeness (QED) is 0.797. The van der Waals surface area contributed by atoms with Crippen LogP contribution in [-0.4, -0.2) is 67.1 Å². The number of hydrogen-bond donors (Lipinski definition) is 1. The number of benzene rings is 1. The Morgan fingerprint density at radius 3 is 2.57 bits per heavy atom. The molecule has 2 amide bonds. The molecule has 2 aromatic rings. The van der Waals surface area contributed by atoms with Gasteiger partial charge in [0.25, 0.3) is 0 Å². The fourth-order valence-corrected chi connectivity index (χ4v) is 4.12. The maximum Gasteiger partial charge on any atom is 0.322 e. The number of pyridine rings is 1. The van der Waals surface area contributed by atoms with E-state index in [1.54, 1.807) is 6.20 Å². The molecule has 1 saturated heterocycles. The summed E-state index contributed by atoms with van der Waals surface area (Å²) in [6.45, 7) is 3.35. The first kappa shape index (κ1) is 20.7. The number of aromatic nitrogens is 1. The molecule has 158 valence electrons. The third-order valence-electron chi connectivity index (χ3n) is 5.93. The lowest BCUT2D eigenvalue weighted by Crippen LogP contribution is -2.37. The first-order valence-corrected chi connectivity index (χ1v) is 10.8. The van der Waals surface area contributed by atoms with E-state index in [0.29, 0.717) is 24.2 Å². The van der Waals surface area contributed by atoms with E-state index in [9.17, 15) is 4.79 Å². The molecule has 1 aromatic heterocycles. The average Bonchev–Trinajstić information content (AvgIpc) is 3.26. The van der Waals surface area contributed by atoms with Gasteiger partial charge in [0, 0.05) is 49.8 Å². The van der Waals surface area contributed by atoms with Gasteiger partial charge in [0.2, 0.25) is 0 Å². The third kappa shape index (κ3) is 4.77. The maximum atomic E-state index is 12.7. The first-order valence-electron chi connectivity index (χ1n) is 10.4. The molecule has 1 fully saturated rings. The Kier molecular flexibility index (Phi) is 6.25. The van der Waals surface area contributed by atoms with Gasteiger partial charge in [0.15, 0.2) is 0 Å². The molecule has 0 saturated carbocycles. The van der Waals surface area contributed by atoms with Crippen molar-refractivity contribution in [3.63, 3.8) is 0 Å². The lowest BCUT2D eigenvalue weighted by molar-refractivity contribution is 0.217. The summed E-state index contributed by atoms with van der Waals surface area (Å²) >= 11 is 5.91. The minimum absolute atomic E-state index is 0.0732. The van der Waals surface area contributed by atoms with Crippen LogP contribution in [0.2, 0.25) is 5.02 Å². The Labute approximate surface area is 183 Å². The van der Waals surface area contributed by atoms with Crippen LogP contribution in [0.3, 0.4) is 0 Å². The standard InChI is InChI=1S/C23H28ClN5O/c1-27(2)21-11-14-29(16-21)20-6-4-19(5-7-20)26-23(30)28-12-9-17(10-13-28)22-8-3-18(24)15-25-22/h3-9,15,21H,10-14,16H2,1-2H3,(H,26,30). The second kappa shape index (κ2) is 9.06. The van der Waals surface area contributed by atoms with E-state index in [-0.39, 0.29) is 6.03 Å². The molecule has 1 N–H and O–H groups in total. The van der Waals surface area contributed by atoms with Crippen LogP contribution in [0.5, 0.6) is 0 Å². The van der Waals surface area contributed by atoms with Crippen molar-refractivity contribution in [1.82, 2.24) is 14.8 Å². The third-order valence-corrected chi connectivity index (χ3v) is 6.15. The highest BCUT2D eigenvalue weighted by atomic mass is 35.5. The minimum Gasteiger partial charge on any atom is -0.370 e. The molecule has 0 aliphatic carbocycles. The highest BCUT2D eigenvalue weighted by Crippen LogP contribution is 2.25. The molecule has 4 rings (SSSR count). The summed E-state index contributed by atoms with van der Waals surface area (Å²) in [5, 5.41) is 3.65. The first-order chi connectivity index (χ1) is 14.5. The molecule has 7 heteroatoms. The molecule has 2 aliphatic rings. The summed E-state index contributed by atoms with van der Waals surface area (Å²) in [5.74, 6) is 0. The number of nitrogens with one attached hydrogen (secondary N) is 1. The minimum atomic E-state index is -0.0732. The van der Waals surface area contributed by atoms with E-state index in [1.165, 1.54) is 12.1 Å². The molecule has 0 spiro atoms. The average molecular weight is 426 g/mol. The number of likely N-dealkylation sites (N-methyl/N-ethyl adjacent to an activating group) is 1. The molecule has 2 aliphatic heterocycles. The summed E-state index contributed by atoms with van der Waals surface area (Å²) in [6, 6.07) is 12.4. The summed E-state index contributed by atoms with van der Waals surface area (Å²) in [6.07, 6.45) is 5.69. The molecule has 0 bridgehead atoms. The monoisotopic (exact) mass is 425 g/mol. The van der Waals surface area contributed by atoms with E-state index < -0.39 is 0 Å². The van der Waals surface area contributed by atoms with Crippen LogP contribution in [0.1, 0.15) is 18.5 Å². The van der Waals surface area contributed by atoms with Crippen molar-refractivity contribution >= 4 is 34.6 Å². The van der Waals surface area contributed by atoms with Crippen molar-refractivity contribution in [2.75, 3.05) is 50.5 Å². The van der Waals surface area contributed by atoms with Crippen LogP contribution in [-0.2, 0) is 0 Å². The highest BCUT2D eigenvalue weighted by Gasteiger charge is 2.24. The predicted molar refractivity (Wildman–Crippen MR) is 123 cm³/mol. The van der Waals surface area contributed by atoms with Gasteiger partial charge in [-0.15, -0.1) is 0 Å². The van der Waals surface area contributed by atoms with Crippen molar-refractivity contribution in [3.8, 4) is 0 Å². The van der Waals surface area contributed by atoms with Crippen LogP contribution in [0.4, 0.5) is 16.2 Å². The summed E-state index contributed by atoms with van der Waals surface area (Å²) in [4.78, 5) is 23.5. The SMILES string of the molecule is CN(C)C1CCN(c2ccc(NC(=O)N3CC=C(c4ccc(Cl)cn4)CC3)cc2)C1. The van der Waals surface area contributed by atoms with E-state index in [1.807, 2.05) is 29.2 Å². The highest BCUT2D eigenvalue weighted by molar-refractivity contribution is 6.30. The fourth-order valence-electron chi connectivity index (χ4n) is 4.01. The molecule has 6 nitrogen and oxygen atoms in total. The van der Waals surface area contributed by atoms with Crippen molar-refractivity contribution < 1.29 is 4.79 Å². The number of anilines is 2. The number of hydrogen-bond acceptors (Lipinski definition) is 4. The number of rotatable bonds is 4. The van der Waals surface area contributed by atoms with Gasteiger partial charge in [-0.05, 0) is 68.9 Å². The van der Waals surface area contributed by atoms with Gasteiger partial charge in [0.1, 0.15) is 0 Å². The van der Waals surface area contributed by atoms with Gasteiger partial charge in [-0.3, -0.25) is 4.98 Å². The van der Waals surface area contributed by atoms with Crippen molar-refractivity contribution in [2.24, 2.45) is 0 Å². The number of carbonyl (C=O) groups excluding carboxylic acids is 1. The molecule has 0 radical (unpaired) electrons. The Bertz CT molecular complexity index is 910. The van der Waals surface area contributed by atoms with Crippen LogP contribution >= 0.6 is 11.6 Å². The van der Waals surface area contributed by atoms with Crippen molar-refractivity contribution in [1.29, 1.82) is 0 Å². The summed E-state index contributed by atoms with van der Waals surface area (Å²) in [5.41, 5.74) is 4.11. The van der Waals surface area contributed by atoms with E-state index >= 15 is 0 Å². The van der Waals surface area contributed by atoms with Gasteiger partial charge in [-0.25, -0.2) is 4.79 Å². The number of carbonyl (C=O) groups is 1.